The second-order valence-corrected chi connectivity index (χ2v) is 6.80. The van der Waals surface area contributed by atoms with Crippen molar-refractivity contribution in [3.05, 3.63) is 42.3 Å². The number of aromatic nitrogens is 4. The molecule has 3 aromatic rings. The van der Waals surface area contributed by atoms with Crippen LogP contribution in [0.25, 0.3) is 10.9 Å². The van der Waals surface area contributed by atoms with Crippen LogP contribution in [0.2, 0.25) is 0 Å². The molecular weight excluding hydrogens is 316 g/mol. The summed E-state index contributed by atoms with van der Waals surface area (Å²) in [6.07, 6.45) is 4.03. The van der Waals surface area contributed by atoms with Gasteiger partial charge in [-0.15, -0.1) is 0 Å². The van der Waals surface area contributed by atoms with Gasteiger partial charge < -0.3 is 9.42 Å². The third-order valence-corrected chi connectivity index (χ3v) is 4.97. The van der Waals surface area contributed by atoms with Crippen LogP contribution >= 0.6 is 0 Å². The third-order valence-electron chi connectivity index (χ3n) is 4.97. The molecule has 7 nitrogen and oxygen atoms in total. The zero-order chi connectivity index (χ0) is 16.6. The van der Waals surface area contributed by atoms with E-state index in [2.05, 4.69) is 36.0 Å². The fourth-order valence-electron chi connectivity index (χ4n) is 3.39. The van der Waals surface area contributed by atoms with E-state index in [1.54, 1.807) is 6.33 Å². The van der Waals surface area contributed by atoms with E-state index in [0.717, 1.165) is 61.2 Å². The lowest BCUT2D eigenvalue weighted by Crippen LogP contribution is -2.46. The highest BCUT2D eigenvalue weighted by Crippen LogP contribution is 2.38. The van der Waals surface area contributed by atoms with Gasteiger partial charge in [-0.05, 0) is 25.0 Å². The van der Waals surface area contributed by atoms with E-state index in [-0.39, 0.29) is 0 Å². The Kier molecular flexibility index (Phi) is 3.59. The molecule has 0 amide bonds. The molecule has 2 fully saturated rings. The molecule has 5 rings (SSSR count). The Bertz CT molecular complexity index is 877. The van der Waals surface area contributed by atoms with Crippen molar-refractivity contribution in [2.24, 2.45) is 0 Å². The minimum absolute atomic E-state index is 0.518. The highest BCUT2D eigenvalue weighted by atomic mass is 16.5. The van der Waals surface area contributed by atoms with Gasteiger partial charge in [-0.2, -0.15) is 4.98 Å². The summed E-state index contributed by atoms with van der Waals surface area (Å²) in [7, 11) is 0. The monoisotopic (exact) mass is 336 g/mol. The lowest BCUT2D eigenvalue weighted by Gasteiger charge is -2.35. The van der Waals surface area contributed by atoms with E-state index >= 15 is 0 Å². The molecular formula is C18H20N6O. The predicted octanol–water partition coefficient (Wildman–Crippen LogP) is 2.21. The molecule has 128 valence electrons. The van der Waals surface area contributed by atoms with E-state index in [0.29, 0.717) is 5.92 Å². The summed E-state index contributed by atoms with van der Waals surface area (Å²) in [6.45, 7) is 4.56. The van der Waals surface area contributed by atoms with Crippen molar-refractivity contribution in [3.8, 4) is 0 Å². The number of piperazine rings is 1. The minimum Gasteiger partial charge on any atom is -0.353 e. The van der Waals surface area contributed by atoms with Crippen molar-refractivity contribution < 1.29 is 4.52 Å². The van der Waals surface area contributed by atoms with Gasteiger partial charge in [0.15, 0.2) is 5.82 Å². The molecule has 0 spiro atoms. The summed E-state index contributed by atoms with van der Waals surface area (Å²) < 4.78 is 5.35. The first-order valence-electron chi connectivity index (χ1n) is 8.86. The SMILES string of the molecule is c1ccc2c(N3CCN(Cc4noc(C5CC5)n4)CC3)ncnc2c1. The van der Waals surface area contributed by atoms with Gasteiger partial charge in [-0.1, -0.05) is 17.3 Å². The molecule has 0 atom stereocenters. The smallest absolute Gasteiger partial charge is 0.229 e. The van der Waals surface area contributed by atoms with Crippen molar-refractivity contribution in [1.29, 1.82) is 0 Å². The van der Waals surface area contributed by atoms with Gasteiger partial charge in [0.25, 0.3) is 0 Å². The summed E-state index contributed by atoms with van der Waals surface area (Å²) in [6, 6.07) is 8.18. The Morgan fingerprint density at radius 1 is 1.04 bits per heavy atom. The van der Waals surface area contributed by atoms with Crippen LogP contribution < -0.4 is 4.90 Å². The normalized spacial score (nSPS) is 18.8. The zero-order valence-corrected chi connectivity index (χ0v) is 14.0. The van der Waals surface area contributed by atoms with E-state index in [4.69, 9.17) is 4.52 Å². The third kappa shape index (κ3) is 2.95. The summed E-state index contributed by atoms with van der Waals surface area (Å²) in [5.74, 6) is 3.17. The lowest BCUT2D eigenvalue weighted by molar-refractivity contribution is 0.239. The molecule has 2 aliphatic rings. The number of fused-ring (bicyclic) bond motifs is 1. The van der Waals surface area contributed by atoms with Crippen LogP contribution in [0.5, 0.6) is 0 Å². The molecule has 3 heterocycles. The number of benzene rings is 1. The summed E-state index contributed by atoms with van der Waals surface area (Å²) in [5.41, 5.74) is 0.995. The van der Waals surface area contributed by atoms with Crippen LogP contribution in [0.4, 0.5) is 5.82 Å². The molecule has 0 N–H and O–H groups in total. The van der Waals surface area contributed by atoms with E-state index in [1.807, 2.05) is 18.2 Å². The molecule has 1 saturated carbocycles. The second kappa shape index (κ2) is 6.07. The van der Waals surface area contributed by atoms with Crippen LogP contribution in [0.1, 0.15) is 30.5 Å². The van der Waals surface area contributed by atoms with Crippen LogP contribution in [0, 0.1) is 0 Å². The number of anilines is 1. The van der Waals surface area contributed by atoms with Gasteiger partial charge in [0.05, 0.1) is 12.1 Å². The van der Waals surface area contributed by atoms with Gasteiger partial charge >= 0.3 is 0 Å². The number of nitrogens with zero attached hydrogens (tertiary/aromatic N) is 6. The van der Waals surface area contributed by atoms with Crippen molar-refractivity contribution in [1.82, 2.24) is 25.0 Å². The maximum absolute atomic E-state index is 5.35. The van der Waals surface area contributed by atoms with E-state index in [1.165, 1.54) is 12.8 Å². The Balaban J connectivity index is 1.26. The minimum atomic E-state index is 0.518. The first-order chi connectivity index (χ1) is 12.4. The topological polar surface area (TPSA) is 71.2 Å². The van der Waals surface area contributed by atoms with Crippen LogP contribution in [0.15, 0.2) is 35.1 Å². The highest BCUT2D eigenvalue weighted by Gasteiger charge is 2.30. The van der Waals surface area contributed by atoms with Gasteiger partial charge in [-0.25, -0.2) is 9.97 Å². The fraction of sp³-hybridized carbons (Fsp3) is 0.444. The van der Waals surface area contributed by atoms with E-state index < -0.39 is 0 Å². The van der Waals surface area contributed by atoms with Crippen LogP contribution in [-0.2, 0) is 6.54 Å². The summed E-state index contributed by atoms with van der Waals surface area (Å²) in [5, 5.41) is 5.24. The molecule has 1 aromatic carbocycles. The molecule has 1 aliphatic carbocycles. The fourth-order valence-corrected chi connectivity index (χ4v) is 3.39. The number of para-hydroxylation sites is 1. The molecule has 0 unspecified atom stereocenters. The number of hydrogen-bond donors (Lipinski definition) is 0. The molecule has 25 heavy (non-hydrogen) atoms. The second-order valence-electron chi connectivity index (χ2n) is 6.80. The lowest BCUT2D eigenvalue weighted by atomic mass is 10.2. The quantitative estimate of drug-likeness (QED) is 0.723. The maximum Gasteiger partial charge on any atom is 0.229 e. The highest BCUT2D eigenvalue weighted by molar-refractivity contribution is 5.89. The largest absolute Gasteiger partial charge is 0.353 e. The first-order valence-corrected chi connectivity index (χ1v) is 8.86. The number of hydrogen-bond acceptors (Lipinski definition) is 7. The van der Waals surface area contributed by atoms with Gasteiger partial charge in [0, 0.05) is 37.5 Å². The average Bonchev–Trinajstić information content (AvgIpc) is 3.42. The van der Waals surface area contributed by atoms with E-state index in [9.17, 15) is 0 Å². The Morgan fingerprint density at radius 3 is 2.72 bits per heavy atom. The van der Waals surface area contributed by atoms with Crippen molar-refractivity contribution in [2.75, 3.05) is 31.1 Å². The molecule has 2 aromatic heterocycles. The summed E-state index contributed by atoms with van der Waals surface area (Å²) >= 11 is 0. The molecule has 0 radical (unpaired) electrons. The molecule has 0 bridgehead atoms. The maximum atomic E-state index is 5.35. The zero-order valence-electron chi connectivity index (χ0n) is 14.0. The predicted molar refractivity (Wildman–Crippen MR) is 93.3 cm³/mol. The van der Waals surface area contributed by atoms with Gasteiger partial charge in [-0.3, -0.25) is 4.90 Å². The Hall–Kier alpha value is -2.54. The Morgan fingerprint density at radius 2 is 1.88 bits per heavy atom. The summed E-state index contributed by atoms with van der Waals surface area (Å²) in [4.78, 5) is 18.1. The van der Waals surface area contributed by atoms with Gasteiger partial charge in [0.2, 0.25) is 5.89 Å². The molecule has 1 saturated heterocycles. The first kappa shape index (κ1) is 14.8. The van der Waals surface area contributed by atoms with Crippen LogP contribution in [0.3, 0.4) is 0 Å². The average molecular weight is 336 g/mol. The molecule has 7 heteroatoms. The standard InChI is InChI=1S/C18H20N6O/c1-2-4-15-14(3-1)17(20-12-19-15)24-9-7-23(8-10-24)11-16-21-18(25-22-16)13-5-6-13/h1-4,12-13H,5-11H2. The van der Waals surface area contributed by atoms with Crippen molar-refractivity contribution >= 4 is 16.7 Å². The van der Waals surface area contributed by atoms with Crippen LogP contribution in [-0.4, -0.2) is 51.2 Å². The Labute approximate surface area is 145 Å². The van der Waals surface area contributed by atoms with Crippen molar-refractivity contribution in [3.63, 3.8) is 0 Å². The molecule has 1 aliphatic heterocycles. The number of rotatable bonds is 4. The van der Waals surface area contributed by atoms with Crippen molar-refractivity contribution in [2.45, 2.75) is 25.3 Å². The van der Waals surface area contributed by atoms with Gasteiger partial charge in [0.1, 0.15) is 12.1 Å².